The van der Waals surface area contributed by atoms with Crippen molar-refractivity contribution in [3.05, 3.63) is 63.7 Å². The third-order valence-electron chi connectivity index (χ3n) is 4.60. The number of sulfonamides is 1. The van der Waals surface area contributed by atoms with Gasteiger partial charge in [-0.1, -0.05) is 44.2 Å². The zero-order valence-corrected chi connectivity index (χ0v) is 17.2. The number of anilines is 1. The third kappa shape index (κ3) is 4.92. The molecule has 0 saturated carbocycles. The zero-order valence-electron chi connectivity index (χ0n) is 16.4. The number of benzene rings is 2. The summed E-state index contributed by atoms with van der Waals surface area (Å²) in [4.78, 5) is 21.3. The monoisotopic (exact) mass is 420 g/mol. The van der Waals surface area contributed by atoms with E-state index in [9.17, 15) is 23.3 Å². The number of nitro groups is 1. The Morgan fingerprint density at radius 2 is 1.66 bits per heavy atom. The lowest BCUT2D eigenvalue weighted by Crippen LogP contribution is -2.34. The van der Waals surface area contributed by atoms with Crippen LogP contribution in [0.3, 0.4) is 0 Å². The Balaban J connectivity index is 2.70. The van der Waals surface area contributed by atoms with E-state index in [-0.39, 0.29) is 19.4 Å². The van der Waals surface area contributed by atoms with Gasteiger partial charge in [0.05, 0.1) is 10.6 Å². The summed E-state index contributed by atoms with van der Waals surface area (Å²) in [6, 6.07) is 10.7. The highest BCUT2D eigenvalue weighted by Gasteiger charge is 2.33. The second-order valence-corrected chi connectivity index (χ2v) is 8.26. The molecule has 0 bridgehead atoms. The van der Waals surface area contributed by atoms with Crippen molar-refractivity contribution in [2.45, 2.75) is 44.4 Å². The van der Waals surface area contributed by atoms with E-state index >= 15 is 0 Å². The number of nitrogens with zero attached hydrogens (tertiary/aromatic N) is 2. The zero-order chi connectivity index (χ0) is 21.6. The Bertz CT molecular complexity index is 982. The Kier molecular flexibility index (Phi) is 7.33. The van der Waals surface area contributed by atoms with Gasteiger partial charge < -0.3 is 5.11 Å². The molecule has 2 rings (SSSR count). The minimum atomic E-state index is -4.29. The molecule has 0 atom stereocenters. The largest absolute Gasteiger partial charge is 0.481 e. The number of para-hydroxylation sites is 2. The minimum Gasteiger partial charge on any atom is -0.481 e. The Morgan fingerprint density at radius 3 is 2.17 bits per heavy atom. The molecule has 9 heteroatoms. The maximum atomic E-state index is 13.5. The second-order valence-electron chi connectivity index (χ2n) is 6.43. The predicted octanol–water partition coefficient (Wildman–Crippen LogP) is 3.78. The molecule has 0 amide bonds. The summed E-state index contributed by atoms with van der Waals surface area (Å²) < 4.78 is 28.2. The summed E-state index contributed by atoms with van der Waals surface area (Å²) in [5.74, 6) is -1.03. The van der Waals surface area contributed by atoms with Crippen molar-refractivity contribution in [1.82, 2.24) is 0 Å². The molecule has 0 spiro atoms. The molecular weight excluding hydrogens is 396 g/mol. The fourth-order valence-corrected chi connectivity index (χ4v) is 4.95. The SMILES string of the molecule is CCc1cccc(CC)c1N(CCCC(=O)O)S(=O)(=O)c1ccccc1[N+](=O)[O-]. The number of carbonyl (C=O) groups is 1. The van der Waals surface area contributed by atoms with Crippen LogP contribution in [0.4, 0.5) is 11.4 Å². The highest BCUT2D eigenvalue weighted by Crippen LogP contribution is 2.34. The first-order valence-corrected chi connectivity index (χ1v) is 10.8. The second kappa shape index (κ2) is 9.51. The molecule has 8 nitrogen and oxygen atoms in total. The van der Waals surface area contributed by atoms with Gasteiger partial charge in [-0.25, -0.2) is 8.42 Å². The highest BCUT2D eigenvalue weighted by atomic mass is 32.2. The molecule has 29 heavy (non-hydrogen) atoms. The molecule has 0 radical (unpaired) electrons. The number of hydrogen-bond acceptors (Lipinski definition) is 5. The van der Waals surface area contributed by atoms with E-state index in [1.54, 1.807) is 0 Å². The first kappa shape index (κ1) is 22.4. The number of aliphatic carboxylic acids is 1. The van der Waals surface area contributed by atoms with Crippen molar-refractivity contribution in [3.8, 4) is 0 Å². The van der Waals surface area contributed by atoms with Gasteiger partial charge in [-0.2, -0.15) is 0 Å². The standard InChI is InChI=1S/C20H24N2O6S/c1-3-15-9-7-10-16(4-2)20(15)21(14-8-13-19(23)24)29(27,28)18-12-6-5-11-17(18)22(25)26/h5-7,9-12H,3-4,8,13-14H2,1-2H3,(H,23,24). The third-order valence-corrected chi connectivity index (χ3v) is 6.44. The van der Waals surface area contributed by atoms with Gasteiger partial charge in [-0.05, 0) is 36.5 Å². The highest BCUT2D eigenvalue weighted by molar-refractivity contribution is 7.93. The lowest BCUT2D eigenvalue weighted by Gasteiger charge is -2.28. The van der Waals surface area contributed by atoms with Crippen LogP contribution in [0.15, 0.2) is 47.4 Å². The van der Waals surface area contributed by atoms with E-state index < -0.39 is 31.5 Å². The van der Waals surface area contributed by atoms with Gasteiger partial charge in [0, 0.05) is 19.0 Å². The molecule has 0 aliphatic carbocycles. The molecule has 0 aromatic heterocycles. The van der Waals surface area contributed by atoms with Gasteiger partial charge in [-0.3, -0.25) is 19.2 Å². The average Bonchev–Trinajstić information content (AvgIpc) is 2.70. The van der Waals surface area contributed by atoms with Crippen molar-refractivity contribution in [3.63, 3.8) is 0 Å². The summed E-state index contributed by atoms with van der Waals surface area (Å²) in [7, 11) is -4.29. The maximum Gasteiger partial charge on any atom is 0.303 e. The smallest absolute Gasteiger partial charge is 0.303 e. The number of carboxylic acid groups (broad SMARTS) is 1. The number of aryl methyl sites for hydroxylation is 2. The average molecular weight is 420 g/mol. The first-order valence-electron chi connectivity index (χ1n) is 9.32. The molecular formula is C20H24N2O6S. The van der Waals surface area contributed by atoms with Crippen molar-refractivity contribution >= 4 is 27.4 Å². The topological polar surface area (TPSA) is 118 Å². The number of rotatable bonds is 10. The van der Waals surface area contributed by atoms with E-state index in [0.717, 1.165) is 21.5 Å². The molecule has 0 heterocycles. The Labute approximate surface area is 170 Å². The van der Waals surface area contributed by atoms with Crippen molar-refractivity contribution < 1.29 is 23.2 Å². The summed E-state index contributed by atoms with van der Waals surface area (Å²) in [5, 5.41) is 20.4. The van der Waals surface area contributed by atoms with Crippen molar-refractivity contribution in [2.75, 3.05) is 10.8 Å². The van der Waals surface area contributed by atoms with Crippen LogP contribution in [0, 0.1) is 10.1 Å². The summed E-state index contributed by atoms with van der Waals surface area (Å²) >= 11 is 0. The van der Waals surface area contributed by atoms with E-state index in [1.807, 2.05) is 32.0 Å². The lowest BCUT2D eigenvalue weighted by molar-refractivity contribution is -0.387. The van der Waals surface area contributed by atoms with Gasteiger partial charge in [-0.15, -0.1) is 0 Å². The quantitative estimate of drug-likeness (QED) is 0.462. The molecule has 2 aromatic rings. The molecule has 1 N–H and O–H groups in total. The van der Waals surface area contributed by atoms with Crippen LogP contribution in [0.25, 0.3) is 0 Å². The van der Waals surface area contributed by atoms with E-state index in [1.165, 1.54) is 18.2 Å². The molecule has 0 aliphatic heterocycles. The first-order chi connectivity index (χ1) is 13.7. The molecule has 0 fully saturated rings. The number of carboxylic acids is 1. The predicted molar refractivity (Wildman–Crippen MR) is 110 cm³/mol. The molecule has 2 aromatic carbocycles. The minimum absolute atomic E-state index is 0.0798. The van der Waals surface area contributed by atoms with Crippen LogP contribution in [0.5, 0.6) is 0 Å². The molecule has 0 saturated heterocycles. The van der Waals surface area contributed by atoms with Crippen LogP contribution >= 0.6 is 0 Å². The lowest BCUT2D eigenvalue weighted by atomic mass is 10.0. The van der Waals surface area contributed by atoms with Crippen LogP contribution in [0.1, 0.15) is 37.8 Å². The number of hydrogen-bond donors (Lipinski definition) is 1. The molecule has 0 unspecified atom stereocenters. The van der Waals surface area contributed by atoms with Crippen LogP contribution < -0.4 is 4.31 Å². The van der Waals surface area contributed by atoms with Gasteiger partial charge in [0.15, 0.2) is 4.90 Å². The fourth-order valence-electron chi connectivity index (χ4n) is 3.21. The van der Waals surface area contributed by atoms with Crippen molar-refractivity contribution in [2.24, 2.45) is 0 Å². The van der Waals surface area contributed by atoms with Gasteiger partial charge in [0.2, 0.25) is 0 Å². The summed E-state index contributed by atoms with van der Waals surface area (Å²) in [6.07, 6.45) is 0.991. The van der Waals surface area contributed by atoms with Gasteiger partial charge in [0.25, 0.3) is 15.7 Å². The summed E-state index contributed by atoms with van der Waals surface area (Å²) in [6.45, 7) is 3.70. The van der Waals surface area contributed by atoms with Crippen molar-refractivity contribution in [1.29, 1.82) is 0 Å². The van der Waals surface area contributed by atoms with Crippen LogP contribution in [0.2, 0.25) is 0 Å². The molecule has 156 valence electrons. The van der Waals surface area contributed by atoms with Gasteiger partial charge >= 0.3 is 5.97 Å². The number of nitro benzene ring substituents is 1. The Hall–Kier alpha value is -2.94. The fraction of sp³-hybridized carbons (Fsp3) is 0.350. The van der Waals surface area contributed by atoms with E-state index in [4.69, 9.17) is 5.11 Å². The van der Waals surface area contributed by atoms with E-state index in [0.29, 0.717) is 18.5 Å². The van der Waals surface area contributed by atoms with Gasteiger partial charge in [0.1, 0.15) is 0 Å². The van der Waals surface area contributed by atoms with Crippen LogP contribution in [-0.2, 0) is 27.7 Å². The van der Waals surface area contributed by atoms with E-state index in [2.05, 4.69) is 0 Å². The van der Waals surface area contributed by atoms with Crippen LogP contribution in [-0.4, -0.2) is 31.0 Å². The molecule has 0 aliphatic rings. The normalized spacial score (nSPS) is 11.2. The maximum absolute atomic E-state index is 13.5. The Morgan fingerprint density at radius 1 is 1.07 bits per heavy atom. The summed E-state index contributed by atoms with van der Waals surface area (Å²) in [5.41, 5.74) is 1.52.